The Bertz CT molecular complexity index is 44.2. The van der Waals surface area contributed by atoms with Crippen LogP contribution in [0.15, 0.2) is 0 Å². The molecule has 4 heteroatoms. The van der Waals surface area contributed by atoms with Crippen molar-refractivity contribution in [3.8, 4) is 0 Å². The fourth-order valence-corrected chi connectivity index (χ4v) is 0. The SMILES string of the molecule is NC(=S)S.[CH3][Ni][CH3]. The molecule has 0 heterocycles. The standard InChI is InChI=1S/CH3NS2.2CH3.Ni/c2-1(3)4;;;/h(H3,2,3,4);2*1H3;. The molecule has 0 aromatic carbocycles. The van der Waals surface area contributed by atoms with Crippen LogP contribution in [0.5, 0.6) is 0 Å². The molecule has 0 fully saturated rings. The van der Waals surface area contributed by atoms with Gasteiger partial charge in [-0.2, -0.15) is 0 Å². The molecule has 0 aromatic rings. The summed E-state index contributed by atoms with van der Waals surface area (Å²) in [4.78, 5) is 0. The predicted octanol–water partition coefficient (Wildman–Crippen LogP) is 1.32. The van der Waals surface area contributed by atoms with Gasteiger partial charge >= 0.3 is 26.2 Å². The maximum absolute atomic E-state index is 4.71. The Balaban J connectivity index is 0. The van der Waals surface area contributed by atoms with Crippen LogP contribution < -0.4 is 5.73 Å². The van der Waals surface area contributed by atoms with Gasteiger partial charge in [0, 0.05) is 0 Å². The van der Waals surface area contributed by atoms with Gasteiger partial charge in [0.25, 0.3) is 0 Å². The summed E-state index contributed by atoms with van der Waals surface area (Å²) in [7, 11) is 0. The first-order valence-corrected chi connectivity index (χ1v) is 4.18. The van der Waals surface area contributed by atoms with E-state index in [1.807, 2.05) is 0 Å². The van der Waals surface area contributed by atoms with Crippen LogP contribution in [0.25, 0.3) is 0 Å². The molecule has 2 N–H and O–H groups in total. The van der Waals surface area contributed by atoms with Crippen LogP contribution in [-0.4, -0.2) is 4.32 Å². The van der Waals surface area contributed by atoms with Crippen LogP contribution >= 0.6 is 24.8 Å². The summed E-state index contributed by atoms with van der Waals surface area (Å²) in [6, 6.07) is 0. The first-order chi connectivity index (χ1) is 3.15. The van der Waals surface area contributed by atoms with Gasteiger partial charge in [-0.15, -0.1) is 12.6 Å². The van der Waals surface area contributed by atoms with Gasteiger partial charge in [0.15, 0.2) is 0 Å². The quantitative estimate of drug-likeness (QED) is 0.335. The molecule has 0 spiro atoms. The van der Waals surface area contributed by atoms with E-state index in [4.69, 9.17) is 5.73 Å². The van der Waals surface area contributed by atoms with Crippen LogP contribution in [0.1, 0.15) is 0 Å². The second-order valence-electron chi connectivity index (χ2n) is 0.654. The normalized spacial score (nSPS) is 6.71. The van der Waals surface area contributed by atoms with E-state index in [1.54, 1.807) is 14.4 Å². The zero-order valence-corrected chi connectivity index (χ0v) is 6.95. The van der Waals surface area contributed by atoms with E-state index in [-0.39, 0.29) is 4.32 Å². The first kappa shape index (κ1) is 10.7. The Kier molecular flexibility index (Phi) is 15.1. The zero-order valence-electron chi connectivity index (χ0n) is 4.25. The summed E-state index contributed by atoms with van der Waals surface area (Å²) >= 11 is 9.28. The number of rotatable bonds is 0. The van der Waals surface area contributed by atoms with Crippen molar-refractivity contribution in [3.63, 3.8) is 0 Å². The van der Waals surface area contributed by atoms with E-state index in [2.05, 4.69) is 36.6 Å². The molecule has 0 aliphatic rings. The molecular weight excluding hydrogens is 173 g/mol. The van der Waals surface area contributed by atoms with Gasteiger partial charge in [0.2, 0.25) is 0 Å². The molecule has 0 aliphatic heterocycles. The molecule has 0 aromatic heterocycles. The maximum atomic E-state index is 4.71. The van der Waals surface area contributed by atoms with E-state index < -0.39 is 0 Å². The van der Waals surface area contributed by atoms with Crippen molar-refractivity contribution in [2.24, 2.45) is 5.73 Å². The molecule has 0 saturated carbocycles. The number of hydrogen-bond acceptors (Lipinski definition) is 1. The van der Waals surface area contributed by atoms with Gasteiger partial charge in [0.1, 0.15) is 4.32 Å². The number of hydrogen-bond donors (Lipinski definition) is 2. The number of thiol groups is 1. The molecule has 1 nitrogen and oxygen atoms in total. The van der Waals surface area contributed by atoms with Crippen molar-refractivity contribution in [2.75, 3.05) is 0 Å². The third-order valence-electron chi connectivity index (χ3n) is 0. The summed E-state index contributed by atoms with van der Waals surface area (Å²) in [6.07, 6.45) is 0. The van der Waals surface area contributed by atoms with Crippen LogP contribution in [-0.2, 0) is 14.4 Å². The Morgan fingerprint density at radius 2 is 1.71 bits per heavy atom. The molecule has 0 unspecified atom stereocenters. The van der Waals surface area contributed by atoms with Gasteiger partial charge in [-0.25, -0.2) is 0 Å². The van der Waals surface area contributed by atoms with Crippen LogP contribution in [0.3, 0.4) is 0 Å². The Morgan fingerprint density at radius 1 is 1.71 bits per heavy atom. The molecule has 0 atom stereocenters. The minimum absolute atomic E-state index is 0.194. The summed E-state index contributed by atoms with van der Waals surface area (Å²) in [6.45, 7) is 0. The van der Waals surface area contributed by atoms with Crippen molar-refractivity contribution in [2.45, 2.75) is 11.8 Å². The van der Waals surface area contributed by atoms with Crippen LogP contribution in [0, 0.1) is 0 Å². The van der Waals surface area contributed by atoms with Crippen molar-refractivity contribution in [1.29, 1.82) is 0 Å². The molecule has 0 aliphatic carbocycles. The molecule has 0 amide bonds. The van der Waals surface area contributed by atoms with Gasteiger partial charge in [-0.05, 0) is 0 Å². The molecule has 0 saturated heterocycles. The van der Waals surface area contributed by atoms with Crippen molar-refractivity contribution < 1.29 is 14.4 Å². The Hall–Kier alpha value is 0.734. The Morgan fingerprint density at radius 3 is 1.71 bits per heavy atom. The second-order valence-corrected chi connectivity index (χ2v) is 2.87. The topological polar surface area (TPSA) is 26.0 Å². The summed E-state index contributed by atoms with van der Waals surface area (Å²) in [5.41, 5.74) is 4.71. The van der Waals surface area contributed by atoms with Gasteiger partial charge in [-0.1, -0.05) is 12.2 Å². The third kappa shape index (κ3) is 280. The molecule has 0 radical (unpaired) electrons. The van der Waals surface area contributed by atoms with E-state index >= 15 is 0 Å². The number of thiocarbonyl (C=S) groups is 1. The molecule has 48 valence electrons. The van der Waals surface area contributed by atoms with E-state index in [1.165, 1.54) is 0 Å². The molecule has 0 rings (SSSR count). The monoisotopic (exact) mass is 181 g/mol. The number of nitrogens with two attached hydrogens (primary N) is 1. The Labute approximate surface area is 61.3 Å². The van der Waals surface area contributed by atoms with Gasteiger partial charge < -0.3 is 5.73 Å². The third-order valence-corrected chi connectivity index (χ3v) is 0. The van der Waals surface area contributed by atoms with Crippen molar-refractivity contribution in [3.05, 3.63) is 0 Å². The molecule has 0 bridgehead atoms. The second kappa shape index (κ2) is 9.88. The fraction of sp³-hybridized carbons (Fsp3) is 0.667. The van der Waals surface area contributed by atoms with Gasteiger partial charge in [0.05, 0.1) is 0 Å². The molecular formula is C3H9NNiS2. The average molecular weight is 182 g/mol. The van der Waals surface area contributed by atoms with E-state index in [9.17, 15) is 0 Å². The predicted molar refractivity (Wildman–Crippen MR) is 37.5 cm³/mol. The van der Waals surface area contributed by atoms with E-state index in [0.717, 1.165) is 0 Å². The first-order valence-electron chi connectivity index (χ1n) is 1.35. The van der Waals surface area contributed by atoms with Crippen molar-refractivity contribution >= 4 is 29.2 Å². The molecule has 7 heavy (non-hydrogen) atoms. The summed E-state index contributed by atoms with van der Waals surface area (Å²) < 4.78 is 0.194. The zero-order chi connectivity index (χ0) is 6.28. The fourth-order valence-electron chi connectivity index (χ4n) is 0. The van der Waals surface area contributed by atoms with Crippen LogP contribution in [0.2, 0.25) is 11.8 Å². The summed E-state index contributed by atoms with van der Waals surface area (Å²) in [5.74, 6) is 4.12. The average Bonchev–Trinajstić information content (AvgIpc) is 1.33. The summed E-state index contributed by atoms with van der Waals surface area (Å²) in [5, 5.41) is 0. The van der Waals surface area contributed by atoms with Gasteiger partial charge in [-0.3, -0.25) is 0 Å². The van der Waals surface area contributed by atoms with Crippen LogP contribution in [0.4, 0.5) is 0 Å². The van der Waals surface area contributed by atoms with E-state index in [0.29, 0.717) is 0 Å². The van der Waals surface area contributed by atoms with Crippen molar-refractivity contribution in [1.82, 2.24) is 0 Å². The minimum atomic E-state index is 0.194.